The molecule has 1 saturated heterocycles. The molecule has 0 aromatic heterocycles. The Labute approximate surface area is 183 Å². The van der Waals surface area contributed by atoms with E-state index in [1.165, 1.54) is 6.42 Å². The Bertz CT molecular complexity index is 936. The maximum Gasteiger partial charge on any atom is 0.253 e. The molecule has 0 saturated carbocycles. The number of anilines is 2. The van der Waals surface area contributed by atoms with E-state index in [4.69, 9.17) is 0 Å². The molecule has 0 spiro atoms. The van der Waals surface area contributed by atoms with Crippen molar-refractivity contribution >= 4 is 29.1 Å². The Morgan fingerprint density at radius 3 is 2.26 bits per heavy atom. The number of benzene rings is 2. The number of amides is 3. The first-order chi connectivity index (χ1) is 14.9. The number of rotatable bonds is 7. The molecule has 2 aromatic carbocycles. The summed E-state index contributed by atoms with van der Waals surface area (Å²) in [6.07, 6.45) is 3.26. The summed E-state index contributed by atoms with van der Waals surface area (Å²) < 4.78 is 0. The summed E-state index contributed by atoms with van der Waals surface area (Å²) >= 11 is 0. The van der Waals surface area contributed by atoms with Crippen LogP contribution >= 0.6 is 0 Å². The van der Waals surface area contributed by atoms with Crippen molar-refractivity contribution in [1.82, 2.24) is 10.2 Å². The number of piperidine rings is 1. The highest BCUT2D eigenvalue weighted by atomic mass is 16.2. The van der Waals surface area contributed by atoms with Gasteiger partial charge >= 0.3 is 0 Å². The largest absolute Gasteiger partial charge is 0.376 e. The van der Waals surface area contributed by atoms with Crippen LogP contribution in [-0.2, 0) is 4.79 Å². The molecule has 0 atom stereocenters. The second kappa shape index (κ2) is 10.6. The van der Waals surface area contributed by atoms with E-state index in [1.54, 1.807) is 36.4 Å². The van der Waals surface area contributed by atoms with Gasteiger partial charge < -0.3 is 20.9 Å². The zero-order valence-corrected chi connectivity index (χ0v) is 18.1. The number of hydrogen-bond acceptors (Lipinski definition) is 4. The van der Waals surface area contributed by atoms with Gasteiger partial charge in [0, 0.05) is 41.6 Å². The van der Waals surface area contributed by atoms with Crippen LogP contribution in [0.4, 0.5) is 11.4 Å². The molecule has 7 heteroatoms. The van der Waals surface area contributed by atoms with Gasteiger partial charge in [0.25, 0.3) is 11.8 Å². The first-order valence-corrected chi connectivity index (χ1v) is 10.8. The van der Waals surface area contributed by atoms with Gasteiger partial charge in [0.2, 0.25) is 5.91 Å². The highest BCUT2D eigenvalue weighted by molar-refractivity contribution is 5.98. The molecular weight excluding hydrogens is 392 g/mol. The molecule has 31 heavy (non-hydrogen) atoms. The predicted octanol–water partition coefficient (Wildman–Crippen LogP) is 3.50. The first kappa shape index (κ1) is 22.3. The first-order valence-electron chi connectivity index (χ1n) is 10.8. The van der Waals surface area contributed by atoms with Crippen LogP contribution in [0.1, 0.15) is 53.8 Å². The van der Waals surface area contributed by atoms with Gasteiger partial charge in [-0.25, -0.2) is 0 Å². The van der Waals surface area contributed by atoms with Crippen molar-refractivity contribution in [2.75, 3.05) is 30.3 Å². The zero-order valence-electron chi connectivity index (χ0n) is 18.1. The number of nitrogens with one attached hydrogen (secondary N) is 3. The van der Waals surface area contributed by atoms with Gasteiger partial charge in [0.15, 0.2) is 0 Å². The minimum absolute atomic E-state index is 0.0318. The van der Waals surface area contributed by atoms with Crippen LogP contribution in [0.25, 0.3) is 0 Å². The summed E-state index contributed by atoms with van der Waals surface area (Å²) in [5.41, 5.74) is 2.37. The van der Waals surface area contributed by atoms with E-state index in [0.29, 0.717) is 22.5 Å². The third-order valence-electron chi connectivity index (χ3n) is 5.03. The Morgan fingerprint density at radius 2 is 1.55 bits per heavy atom. The lowest BCUT2D eigenvalue weighted by molar-refractivity contribution is -0.114. The fraction of sp³-hybridized carbons (Fsp3) is 0.375. The Morgan fingerprint density at radius 1 is 0.903 bits per heavy atom. The molecule has 164 valence electrons. The van der Waals surface area contributed by atoms with Crippen LogP contribution in [-0.4, -0.2) is 48.3 Å². The monoisotopic (exact) mass is 422 g/mol. The molecule has 1 aliphatic rings. The van der Waals surface area contributed by atoms with Crippen molar-refractivity contribution in [3.8, 4) is 0 Å². The number of carbonyl (C=O) groups is 3. The van der Waals surface area contributed by atoms with E-state index >= 15 is 0 Å². The van der Waals surface area contributed by atoms with Crippen LogP contribution in [0, 0.1) is 0 Å². The fourth-order valence-corrected chi connectivity index (χ4v) is 3.51. The molecule has 0 aliphatic carbocycles. The van der Waals surface area contributed by atoms with Crippen molar-refractivity contribution in [3.05, 3.63) is 59.7 Å². The lowest BCUT2D eigenvalue weighted by atomic mass is 10.1. The second-order valence-electron chi connectivity index (χ2n) is 8.04. The second-order valence-corrected chi connectivity index (χ2v) is 8.04. The lowest BCUT2D eigenvalue weighted by Crippen LogP contribution is -2.35. The van der Waals surface area contributed by atoms with E-state index in [-0.39, 0.29) is 30.3 Å². The van der Waals surface area contributed by atoms with Crippen molar-refractivity contribution in [2.45, 2.75) is 39.2 Å². The maximum absolute atomic E-state index is 12.7. The van der Waals surface area contributed by atoms with Gasteiger partial charge in [-0.3, -0.25) is 14.4 Å². The summed E-state index contributed by atoms with van der Waals surface area (Å²) in [5.74, 6) is -0.391. The Hall–Kier alpha value is -3.35. The van der Waals surface area contributed by atoms with Gasteiger partial charge in [0.05, 0.1) is 6.54 Å². The molecule has 0 unspecified atom stereocenters. The minimum Gasteiger partial charge on any atom is -0.376 e. The van der Waals surface area contributed by atoms with Crippen LogP contribution in [0.2, 0.25) is 0 Å². The van der Waals surface area contributed by atoms with E-state index in [0.717, 1.165) is 25.9 Å². The number of nitrogens with zero attached hydrogens (tertiary/aromatic N) is 1. The van der Waals surface area contributed by atoms with Gasteiger partial charge in [-0.1, -0.05) is 12.1 Å². The summed E-state index contributed by atoms with van der Waals surface area (Å²) in [6, 6.07) is 14.1. The summed E-state index contributed by atoms with van der Waals surface area (Å²) in [5, 5.41) is 8.69. The van der Waals surface area contributed by atoms with E-state index in [2.05, 4.69) is 16.0 Å². The third kappa shape index (κ3) is 6.57. The lowest BCUT2D eigenvalue weighted by Gasteiger charge is -2.26. The zero-order chi connectivity index (χ0) is 22.2. The quantitative estimate of drug-likeness (QED) is 0.637. The SMILES string of the molecule is CC(C)NC(=O)c1cccc(NC(=O)CNc2cccc(C(=O)N3CCCCC3)c2)c1. The smallest absolute Gasteiger partial charge is 0.253 e. The standard InChI is InChI=1S/C24H30N4O3/c1-17(2)26-23(30)18-8-6-11-21(14-18)27-22(29)16-25-20-10-7-9-19(15-20)24(31)28-12-4-3-5-13-28/h6-11,14-15,17,25H,3-5,12-13,16H2,1-2H3,(H,26,30)(H,27,29). The number of carbonyl (C=O) groups excluding carboxylic acids is 3. The average molecular weight is 423 g/mol. The topological polar surface area (TPSA) is 90.5 Å². The van der Waals surface area contributed by atoms with Crippen molar-refractivity contribution in [1.29, 1.82) is 0 Å². The molecule has 1 fully saturated rings. The molecule has 3 rings (SSSR count). The molecule has 0 radical (unpaired) electrons. The summed E-state index contributed by atoms with van der Waals surface area (Å²) in [6.45, 7) is 5.43. The molecular formula is C24H30N4O3. The van der Waals surface area contributed by atoms with Crippen molar-refractivity contribution in [2.24, 2.45) is 0 Å². The van der Waals surface area contributed by atoms with E-state index in [9.17, 15) is 14.4 Å². The molecule has 2 aromatic rings. The average Bonchev–Trinajstić information content (AvgIpc) is 2.78. The molecule has 0 bridgehead atoms. The van der Waals surface area contributed by atoms with Gasteiger partial charge in [0.1, 0.15) is 0 Å². The molecule has 3 N–H and O–H groups in total. The van der Waals surface area contributed by atoms with Crippen molar-refractivity contribution in [3.63, 3.8) is 0 Å². The van der Waals surface area contributed by atoms with Crippen LogP contribution in [0.5, 0.6) is 0 Å². The van der Waals surface area contributed by atoms with Gasteiger partial charge in [-0.05, 0) is 69.5 Å². The number of hydrogen-bond donors (Lipinski definition) is 3. The van der Waals surface area contributed by atoms with Crippen molar-refractivity contribution < 1.29 is 14.4 Å². The number of likely N-dealkylation sites (tertiary alicyclic amines) is 1. The van der Waals surface area contributed by atoms with Gasteiger partial charge in [-0.15, -0.1) is 0 Å². The third-order valence-corrected chi connectivity index (χ3v) is 5.03. The molecule has 7 nitrogen and oxygen atoms in total. The summed E-state index contributed by atoms with van der Waals surface area (Å²) in [4.78, 5) is 39.1. The summed E-state index contributed by atoms with van der Waals surface area (Å²) in [7, 11) is 0. The Balaban J connectivity index is 1.55. The fourth-order valence-electron chi connectivity index (χ4n) is 3.51. The van der Waals surface area contributed by atoms with E-state index in [1.807, 2.05) is 30.9 Å². The molecule has 1 aliphatic heterocycles. The minimum atomic E-state index is -0.242. The van der Waals surface area contributed by atoms with Crippen LogP contribution in [0.3, 0.4) is 0 Å². The van der Waals surface area contributed by atoms with Gasteiger partial charge in [-0.2, -0.15) is 0 Å². The highest BCUT2D eigenvalue weighted by Gasteiger charge is 2.18. The van der Waals surface area contributed by atoms with Crippen LogP contribution < -0.4 is 16.0 Å². The predicted molar refractivity (Wildman–Crippen MR) is 122 cm³/mol. The Kier molecular flexibility index (Phi) is 7.65. The normalized spacial score (nSPS) is 13.6. The maximum atomic E-state index is 12.7. The van der Waals surface area contributed by atoms with E-state index < -0.39 is 0 Å². The van der Waals surface area contributed by atoms with Crippen LogP contribution in [0.15, 0.2) is 48.5 Å². The molecule has 3 amide bonds. The molecule has 1 heterocycles. The highest BCUT2D eigenvalue weighted by Crippen LogP contribution is 2.17.